The molecule has 1 amide bonds. The van der Waals surface area contributed by atoms with Crippen LogP contribution in [0.15, 0.2) is 23.1 Å². The number of anilines is 1. The Kier molecular flexibility index (Phi) is 6.92. The number of benzene rings is 1. The van der Waals surface area contributed by atoms with Gasteiger partial charge in [-0.2, -0.15) is 0 Å². The molecule has 2 aliphatic heterocycles. The monoisotopic (exact) mass is 473 g/mol. The second kappa shape index (κ2) is 9.13. The number of sulfone groups is 1. The molecular formula is C19H27N3O7S2. The van der Waals surface area contributed by atoms with E-state index in [0.29, 0.717) is 12.1 Å². The molecule has 31 heavy (non-hydrogen) atoms. The first-order valence-corrected chi connectivity index (χ1v) is 13.2. The molecule has 1 atom stereocenters. The van der Waals surface area contributed by atoms with Gasteiger partial charge >= 0.3 is 5.97 Å². The number of sulfonamides is 1. The van der Waals surface area contributed by atoms with Crippen molar-refractivity contribution in [1.82, 2.24) is 9.62 Å². The fourth-order valence-corrected chi connectivity index (χ4v) is 6.27. The van der Waals surface area contributed by atoms with E-state index in [0.717, 1.165) is 30.2 Å². The van der Waals surface area contributed by atoms with E-state index in [1.807, 2.05) is 4.90 Å². The van der Waals surface area contributed by atoms with Gasteiger partial charge < -0.3 is 15.0 Å². The number of carbonyl (C=O) groups excluding carboxylic acids is 2. The molecule has 0 aromatic heterocycles. The van der Waals surface area contributed by atoms with Gasteiger partial charge in [0.05, 0.1) is 27.7 Å². The van der Waals surface area contributed by atoms with E-state index < -0.39 is 44.4 Å². The third-order valence-electron chi connectivity index (χ3n) is 5.35. The van der Waals surface area contributed by atoms with Crippen LogP contribution in [-0.4, -0.2) is 84.4 Å². The highest BCUT2D eigenvalue weighted by molar-refractivity contribution is 7.91. The summed E-state index contributed by atoms with van der Waals surface area (Å²) in [4.78, 5) is 26.8. The van der Waals surface area contributed by atoms with Crippen LogP contribution in [-0.2, 0) is 29.4 Å². The highest BCUT2D eigenvalue weighted by atomic mass is 32.2. The smallest absolute Gasteiger partial charge is 0.340 e. The Morgan fingerprint density at radius 3 is 2.48 bits per heavy atom. The quantitative estimate of drug-likeness (QED) is 0.548. The second-order valence-corrected chi connectivity index (χ2v) is 12.3. The third-order valence-corrected chi connectivity index (χ3v) is 8.92. The largest absolute Gasteiger partial charge is 0.452 e. The van der Waals surface area contributed by atoms with Crippen LogP contribution in [0.5, 0.6) is 0 Å². The number of carbonyl (C=O) groups is 2. The molecule has 0 spiro atoms. The van der Waals surface area contributed by atoms with E-state index in [1.54, 1.807) is 6.07 Å². The summed E-state index contributed by atoms with van der Waals surface area (Å²) in [5.41, 5.74) is 0.628. The summed E-state index contributed by atoms with van der Waals surface area (Å²) < 4.78 is 54.2. The van der Waals surface area contributed by atoms with Crippen molar-refractivity contribution >= 4 is 37.4 Å². The molecule has 2 fully saturated rings. The predicted molar refractivity (Wildman–Crippen MR) is 114 cm³/mol. The highest BCUT2D eigenvalue weighted by Crippen LogP contribution is 2.28. The summed E-state index contributed by atoms with van der Waals surface area (Å²) in [6.45, 7) is 0.882. The summed E-state index contributed by atoms with van der Waals surface area (Å²) >= 11 is 0. The molecule has 0 radical (unpaired) electrons. The van der Waals surface area contributed by atoms with Gasteiger partial charge in [0.1, 0.15) is 0 Å². The van der Waals surface area contributed by atoms with E-state index in [9.17, 15) is 26.4 Å². The summed E-state index contributed by atoms with van der Waals surface area (Å²) in [7, 11) is -4.11. The van der Waals surface area contributed by atoms with Gasteiger partial charge in [-0.1, -0.05) is 0 Å². The number of hydrogen-bond donors (Lipinski definition) is 1. The van der Waals surface area contributed by atoms with Gasteiger partial charge in [0.2, 0.25) is 10.0 Å². The van der Waals surface area contributed by atoms with Gasteiger partial charge in [0.15, 0.2) is 16.4 Å². The fourth-order valence-electron chi connectivity index (χ4n) is 3.67. The summed E-state index contributed by atoms with van der Waals surface area (Å²) in [6.07, 6.45) is 2.24. The van der Waals surface area contributed by atoms with Crippen molar-refractivity contribution in [2.24, 2.45) is 0 Å². The number of amides is 1. The average Bonchev–Trinajstić information content (AvgIpc) is 3.35. The minimum Gasteiger partial charge on any atom is -0.452 e. The zero-order chi connectivity index (χ0) is 22.8. The van der Waals surface area contributed by atoms with Crippen LogP contribution in [0.4, 0.5) is 5.69 Å². The standard InChI is InChI=1S/C19H27N3O7S2/c1-21(2)31(27,28)15-5-6-17(22-8-3-4-9-22)16(11-15)19(24)29-12-18(23)20-14-7-10-30(25,26)13-14/h5-6,11,14H,3-4,7-10,12-13H2,1-2H3,(H,20,23). The van der Waals surface area contributed by atoms with Gasteiger partial charge in [-0.25, -0.2) is 25.9 Å². The van der Waals surface area contributed by atoms with Crippen LogP contribution >= 0.6 is 0 Å². The average molecular weight is 474 g/mol. The molecule has 0 saturated carbocycles. The Bertz CT molecular complexity index is 1060. The molecule has 2 saturated heterocycles. The van der Waals surface area contributed by atoms with Crippen LogP contribution in [0, 0.1) is 0 Å². The van der Waals surface area contributed by atoms with Crippen molar-refractivity contribution in [2.75, 3.05) is 50.2 Å². The van der Waals surface area contributed by atoms with E-state index in [-0.39, 0.29) is 22.0 Å². The zero-order valence-corrected chi connectivity index (χ0v) is 19.2. The molecule has 2 aliphatic rings. The number of hydrogen-bond acceptors (Lipinski definition) is 8. The van der Waals surface area contributed by atoms with E-state index in [1.165, 1.54) is 26.2 Å². The number of ether oxygens (including phenoxy) is 1. The van der Waals surface area contributed by atoms with Crippen molar-refractivity contribution in [3.63, 3.8) is 0 Å². The van der Waals surface area contributed by atoms with Crippen molar-refractivity contribution in [3.8, 4) is 0 Å². The SMILES string of the molecule is CN(C)S(=O)(=O)c1ccc(N2CCCC2)c(C(=O)OCC(=O)NC2CCS(=O)(=O)C2)c1. The maximum atomic E-state index is 12.8. The van der Waals surface area contributed by atoms with E-state index in [4.69, 9.17) is 4.74 Å². The zero-order valence-electron chi connectivity index (χ0n) is 17.5. The minimum atomic E-state index is -3.76. The molecule has 0 aliphatic carbocycles. The van der Waals surface area contributed by atoms with Crippen LogP contribution in [0.25, 0.3) is 0 Å². The Morgan fingerprint density at radius 2 is 1.90 bits per heavy atom. The van der Waals surface area contributed by atoms with Crippen LogP contribution in [0.1, 0.15) is 29.6 Å². The summed E-state index contributed by atoms with van der Waals surface area (Å²) in [5.74, 6) is -1.53. The molecule has 1 N–H and O–H groups in total. The predicted octanol–water partition coefficient (Wildman–Crippen LogP) is -0.00280. The molecule has 1 aromatic carbocycles. The third kappa shape index (κ3) is 5.55. The van der Waals surface area contributed by atoms with Crippen molar-refractivity contribution < 1.29 is 31.2 Å². The molecule has 12 heteroatoms. The number of nitrogens with one attached hydrogen (secondary N) is 1. The molecule has 1 unspecified atom stereocenters. The van der Waals surface area contributed by atoms with Crippen molar-refractivity contribution in [1.29, 1.82) is 0 Å². The van der Waals surface area contributed by atoms with E-state index >= 15 is 0 Å². The number of esters is 1. The lowest BCUT2D eigenvalue weighted by Crippen LogP contribution is -2.38. The molecular weight excluding hydrogens is 446 g/mol. The Hall–Kier alpha value is -2.18. The van der Waals surface area contributed by atoms with Crippen LogP contribution in [0.3, 0.4) is 0 Å². The fraction of sp³-hybridized carbons (Fsp3) is 0.579. The molecule has 1 aromatic rings. The Balaban J connectivity index is 1.75. The maximum absolute atomic E-state index is 12.8. The Morgan fingerprint density at radius 1 is 1.23 bits per heavy atom. The molecule has 0 bridgehead atoms. The van der Waals surface area contributed by atoms with Crippen LogP contribution < -0.4 is 10.2 Å². The Labute approximate surface area is 182 Å². The van der Waals surface area contributed by atoms with Gasteiger partial charge in [-0.15, -0.1) is 0 Å². The van der Waals surface area contributed by atoms with Crippen molar-refractivity contribution in [2.45, 2.75) is 30.2 Å². The summed E-state index contributed by atoms with van der Waals surface area (Å²) in [6, 6.07) is 3.81. The second-order valence-electron chi connectivity index (χ2n) is 7.90. The molecule has 2 heterocycles. The summed E-state index contributed by atoms with van der Waals surface area (Å²) in [5, 5.41) is 2.55. The lowest BCUT2D eigenvalue weighted by atomic mass is 10.1. The minimum absolute atomic E-state index is 0.0179. The lowest BCUT2D eigenvalue weighted by Gasteiger charge is -2.22. The van der Waals surface area contributed by atoms with Gasteiger partial charge in [-0.05, 0) is 37.5 Å². The maximum Gasteiger partial charge on any atom is 0.340 e. The first-order chi connectivity index (χ1) is 14.5. The molecule has 3 rings (SSSR count). The first kappa shape index (κ1) is 23.5. The van der Waals surface area contributed by atoms with Gasteiger partial charge in [0.25, 0.3) is 5.91 Å². The number of nitrogens with zero attached hydrogens (tertiary/aromatic N) is 2. The molecule has 172 valence electrons. The molecule has 10 nitrogen and oxygen atoms in total. The topological polar surface area (TPSA) is 130 Å². The number of rotatable bonds is 7. The highest BCUT2D eigenvalue weighted by Gasteiger charge is 2.30. The van der Waals surface area contributed by atoms with Crippen molar-refractivity contribution in [3.05, 3.63) is 23.8 Å². The van der Waals surface area contributed by atoms with Gasteiger partial charge in [0, 0.05) is 33.2 Å². The first-order valence-electron chi connectivity index (χ1n) is 9.98. The normalized spacial score (nSPS) is 20.7. The van der Waals surface area contributed by atoms with Crippen LogP contribution in [0.2, 0.25) is 0 Å². The van der Waals surface area contributed by atoms with E-state index in [2.05, 4.69) is 5.32 Å². The van der Waals surface area contributed by atoms with Gasteiger partial charge in [-0.3, -0.25) is 4.79 Å². The lowest BCUT2D eigenvalue weighted by molar-refractivity contribution is -0.124.